The maximum Gasteiger partial charge on any atom is 0.317 e. The minimum Gasteiger partial charge on any atom is -0.452 e. The Hall–Kier alpha value is -2.38. The number of rotatable bonds is 7. The Labute approximate surface area is 166 Å². The molecular weight excluding hydrogens is 380 g/mol. The molecule has 1 amide bonds. The van der Waals surface area contributed by atoms with Gasteiger partial charge in [0.2, 0.25) is 0 Å². The van der Waals surface area contributed by atoms with Gasteiger partial charge in [-0.15, -0.1) is 23.1 Å². The topological polar surface area (TPSA) is 59.5 Å². The molecular formula is C20H20N2O3S2. The fraction of sp³-hybridized carbons (Fsp3) is 0.250. The molecule has 0 aliphatic rings. The standard InChI is InChI=1S/C20H20N2O3S2/c1-14(25-19(23)13-26-15-8-4-3-5-9-15)20(24)22(2)12-18-21-16-10-6-7-11-17(16)27-18/h3-11,14H,12-13H2,1-2H3. The third-order valence-electron chi connectivity index (χ3n) is 3.84. The number of ether oxygens (including phenoxy) is 1. The normalized spacial score (nSPS) is 11.9. The number of thioether (sulfide) groups is 1. The number of nitrogens with zero attached hydrogens (tertiary/aromatic N) is 2. The molecule has 7 heteroatoms. The molecule has 0 N–H and O–H groups in total. The van der Waals surface area contributed by atoms with Gasteiger partial charge in [0.1, 0.15) is 5.01 Å². The fourth-order valence-corrected chi connectivity index (χ4v) is 4.24. The second-order valence-corrected chi connectivity index (χ2v) is 8.17. The summed E-state index contributed by atoms with van der Waals surface area (Å²) in [6.07, 6.45) is -0.826. The number of fused-ring (bicyclic) bond motifs is 1. The minimum absolute atomic E-state index is 0.170. The van der Waals surface area contributed by atoms with Crippen molar-refractivity contribution in [1.29, 1.82) is 0 Å². The number of hydrogen-bond acceptors (Lipinski definition) is 6. The van der Waals surface area contributed by atoms with E-state index in [1.54, 1.807) is 30.2 Å². The van der Waals surface area contributed by atoms with Crippen LogP contribution in [-0.4, -0.2) is 40.7 Å². The third-order valence-corrected chi connectivity index (χ3v) is 5.85. The molecule has 1 aromatic heterocycles. The van der Waals surface area contributed by atoms with Gasteiger partial charge in [0, 0.05) is 11.9 Å². The lowest BCUT2D eigenvalue weighted by atomic mass is 10.3. The van der Waals surface area contributed by atoms with Gasteiger partial charge >= 0.3 is 5.97 Å². The molecule has 1 heterocycles. The molecule has 0 saturated heterocycles. The summed E-state index contributed by atoms with van der Waals surface area (Å²) >= 11 is 2.95. The summed E-state index contributed by atoms with van der Waals surface area (Å²) in [6, 6.07) is 17.5. The number of para-hydroxylation sites is 1. The van der Waals surface area contributed by atoms with E-state index in [4.69, 9.17) is 4.74 Å². The van der Waals surface area contributed by atoms with Gasteiger partial charge in [-0.05, 0) is 31.2 Å². The summed E-state index contributed by atoms with van der Waals surface area (Å²) in [4.78, 5) is 31.6. The zero-order valence-electron chi connectivity index (χ0n) is 15.1. The Kier molecular flexibility index (Phi) is 6.47. The highest BCUT2D eigenvalue weighted by atomic mass is 32.2. The van der Waals surface area contributed by atoms with E-state index in [1.807, 2.05) is 54.6 Å². The Morgan fingerprint density at radius 1 is 1.15 bits per heavy atom. The van der Waals surface area contributed by atoms with E-state index >= 15 is 0 Å². The Balaban J connectivity index is 1.50. The number of aromatic nitrogens is 1. The second-order valence-electron chi connectivity index (χ2n) is 6.00. The van der Waals surface area contributed by atoms with Crippen LogP contribution >= 0.6 is 23.1 Å². The second kappa shape index (κ2) is 9.01. The highest BCUT2D eigenvalue weighted by molar-refractivity contribution is 8.00. The van der Waals surface area contributed by atoms with Crippen molar-refractivity contribution in [3.63, 3.8) is 0 Å². The largest absolute Gasteiger partial charge is 0.452 e. The molecule has 3 rings (SSSR count). The van der Waals surface area contributed by atoms with Crippen molar-refractivity contribution in [2.24, 2.45) is 0 Å². The SMILES string of the molecule is CC(OC(=O)CSc1ccccc1)C(=O)N(C)Cc1nc2ccccc2s1. The highest BCUT2D eigenvalue weighted by Crippen LogP contribution is 2.22. The molecule has 0 aliphatic carbocycles. The van der Waals surface area contributed by atoms with E-state index < -0.39 is 12.1 Å². The van der Waals surface area contributed by atoms with Crippen LogP contribution in [0, 0.1) is 0 Å². The van der Waals surface area contributed by atoms with Crippen molar-refractivity contribution < 1.29 is 14.3 Å². The third kappa shape index (κ3) is 5.30. The van der Waals surface area contributed by atoms with Crippen molar-refractivity contribution in [2.45, 2.75) is 24.5 Å². The van der Waals surface area contributed by atoms with Crippen LogP contribution in [0.3, 0.4) is 0 Å². The van der Waals surface area contributed by atoms with Crippen LogP contribution in [0.4, 0.5) is 0 Å². The Morgan fingerprint density at radius 2 is 1.85 bits per heavy atom. The molecule has 0 fully saturated rings. The van der Waals surface area contributed by atoms with E-state index in [9.17, 15) is 9.59 Å². The van der Waals surface area contributed by atoms with Crippen LogP contribution in [0.15, 0.2) is 59.5 Å². The van der Waals surface area contributed by atoms with Crippen LogP contribution < -0.4 is 0 Å². The molecule has 0 bridgehead atoms. The fourth-order valence-electron chi connectivity index (χ4n) is 2.52. The van der Waals surface area contributed by atoms with E-state index in [1.165, 1.54) is 11.8 Å². The predicted octanol–water partition coefficient (Wildman–Crippen LogP) is 3.98. The van der Waals surface area contributed by atoms with Gasteiger partial charge < -0.3 is 9.64 Å². The van der Waals surface area contributed by atoms with Gasteiger partial charge in [-0.2, -0.15) is 0 Å². The monoisotopic (exact) mass is 400 g/mol. The van der Waals surface area contributed by atoms with E-state index in [0.29, 0.717) is 6.54 Å². The van der Waals surface area contributed by atoms with Gasteiger partial charge in [-0.25, -0.2) is 4.98 Å². The Morgan fingerprint density at radius 3 is 2.59 bits per heavy atom. The predicted molar refractivity (Wildman–Crippen MR) is 109 cm³/mol. The lowest BCUT2D eigenvalue weighted by molar-refractivity contribution is -0.156. The zero-order chi connectivity index (χ0) is 19.2. The van der Waals surface area contributed by atoms with Gasteiger partial charge in [-0.3, -0.25) is 9.59 Å². The smallest absolute Gasteiger partial charge is 0.317 e. The first kappa shape index (κ1) is 19.4. The van der Waals surface area contributed by atoms with E-state index in [-0.39, 0.29) is 11.7 Å². The lowest BCUT2D eigenvalue weighted by Crippen LogP contribution is -2.37. The summed E-state index contributed by atoms with van der Waals surface area (Å²) in [6.45, 7) is 1.99. The van der Waals surface area contributed by atoms with Crippen LogP contribution in [-0.2, 0) is 20.9 Å². The van der Waals surface area contributed by atoms with Crippen LogP contribution in [0.1, 0.15) is 11.9 Å². The molecule has 1 unspecified atom stereocenters. The van der Waals surface area contributed by atoms with Crippen LogP contribution in [0.25, 0.3) is 10.2 Å². The number of carbonyl (C=O) groups is 2. The molecule has 0 radical (unpaired) electrons. The highest BCUT2D eigenvalue weighted by Gasteiger charge is 2.22. The van der Waals surface area contributed by atoms with Crippen molar-refractivity contribution in [3.8, 4) is 0 Å². The molecule has 2 aromatic carbocycles. The van der Waals surface area contributed by atoms with Crippen LogP contribution in [0.2, 0.25) is 0 Å². The quantitative estimate of drug-likeness (QED) is 0.443. The number of esters is 1. The number of hydrogen-bond donors (Lipinski definition) is 0. The first-order valence-electron chi connectivity index (χ1n) is 8.49. The summed E-state index contributed by atoms with van der Waals surface area (Å²) in [7, 11) is 1.69. The van der Waals surface area contributed by atoms with Crippen molar-refractivity contribution in [2.75, 3.05) is 12.8 Å². The van der Waals surface area contributed by atoms with Gasteiger partial charge in [0.15, 0.2) is 6.10 Å². The molecule has 3 aromatic rings. The van der Waals surface area contributed by atoms with Crippen molar-refractivity contribution >= 4 is 45.2 Å². The maximum atomic E-state index is 12.5. The number of carbonyl (C=O) groups excluding carboxylic acids is 2. The first-order valence-corrected chi connectivity index (χ1v) is 10.3. The number of benzene rings is 2. The van der Waals surface area contributed by atoms with Gasteiger partial charge in [-0.1, -0.05) is 30.3 Å². The summed E-state index contributed by atoms with van der Waals surface area (Å²) in [5, 5.41) is 0.852. The number of amides is 1. The average Bonchev–Trinajstić information content (AvgIpc) is 3.08. The molecule has 5 nitrogen and oxygen atoms in total. The van der Waals surface area contributed by atoms with Crippen molar-refractivity contribution in [1.82, 2.24) is 9.88 Å². The Bertz CT molecular complexity index is 894. The van der Waals surface area contributed by atoms with Crippen LogP contribution in [0.5, 0.6) is 0 Å². The maximum absolute atomic E-state index is 12.5. The minimum atomic E-state index is -0.826. The zero-order valence-corrected chi connectivity index (χ0v) is 16.8. The molecule has 27 heavy (non-hydrogen) atoms. The molecule has 0 spiro atoms. The molecule has 0 aliphatic heterocycles. The molecule has 0 saturated carbocycles. The summed E-state index contributed by atoms with van der Waals surface area (Å²) in [5.41, 5.74) is 0.927. The first-order chi connectivity index (χ1) is 13.0. The van der Waals surface area contributed by atoms with E-state index in [0.717, 1.165) is 20.1 Å². The van der Waals surface area contributed by atoms with Crippen molar-refractivity contribution in [3.05, 3.63) is 59.6 Å². The summed E-state index contributed by atoms with van der Waals surface area (Å²) < 4.78 is 6.37. The summed E-state index contributed by atoms with van der Waals surface area (Å²) in [5.74, 6) is -0.478. The van der Waals surface area contributed by atoms with Gasteiger partial charge in [0.05, 0.1) is 22.5 Å². The average molecular weight is 401 g/mol. The lowest BCUT2D eigenvalue weighted by Gasteiger charge is -2.20. The number of thiazole rings is 1. The van der Waals surface area contributed by atoms with Gasteiger partial charge in [0.25, 0.3) is 5.91 Å². The molecule has 140 valence electrons. The molecule has 1 atom stereocenters. The van der Waals surface area contributed by atoms with E-state index in [2.05, 4.69) is 4.98 Å². The number of likely N-dealkylation sites (N-methyl/N-ethyl adjacent to an activating group) is 1.